The molecule has 0 aliphatic carbocycles. The zero-order valence-electron chi connectivity index (χ0n) is 9.28. The minimum absolute atomic E-state index is 0.0394. The summed E-state index contributed by atoms with van der Waals surface area (Å²) in [6, 6.07) is 8.16. The SMILES string of the molecule is CNC(=O)NC(=O)CNc1cccc(C#N)c1. The maximum atomic E-state index is 11.2. The third-order valence-electron chi connectivity index (χ3n) is 1.92. The number of imide groups is 1. The molecular formula is C11H12N4O2. The van der Waals surface area contributed by atoms with Crippen molar-refractivity contribution in [1.82, 2.24) is 10.6 Å². The van der Waals surface area contributed by atoms with Crippen LogP contribution in [0.1, 0.15) is 5.56 Å². The number of hydrogen-bond donors (Lipinski definition) is 3. The van der Waals surface area contributed by atoms with Crippen LogP contribution in [0, 0.1) is 11.3 Å². The van der Waals surface area contributed by atoms with Crippen molar-refractivity contribution in [3.8, 4) is 6.07 Å². The van der Waals surface area contributed by atoms with Gasteiger partial charge in [0.2, 0.25) is 5.91 Å². The molecular weight excluding hydrogens is 220 g/mol. The lowest BCUT2D eigenvalue weighted by molar-refractivity contribution is -0.118. The van der Waals surface area contributed by atoms with E-state index < -0.39 is 11.9 Å². The first-order valence-corrected chi connectivity index (χ1v) is 4.91. The standard InChI is InChI=1S/C11H12N4O2/c1-13-11(17)15-10(16)7-14-9-4-2-3-8(5-9)6-12/h2-5,14H,7H2,1H3,(H2,13,15,16,17). The van der Waals surface area contributed by atoms with Crippen LogP contribution in [0.5, 0.6) is 0 Å². The molecule has 0 fully saturated rings. The van der Waals surface area contributed by atoms with Crippen molar-refractivity contribution < 1.29 is 9.59 Å². The molecule has 0 heterocycles. The van der Waals surface area contributed by atoms with Gasteiger partial charge in [0.15, 0.2) is 0 Å². The Morgan fingerprint density at radius 1 is 1.41 bits per heavy atom. The first-order valence-electron chi connectivity index (χ1n) is 4.91. The van der Waals surface area contributed by atoms with Crippen LogP contribution < -0.4 is 16.0 Å². The van der Waals surface area contributed by atoms with Crippen molar-refractivity contribution >= 4 is 17.6 Å². The predicted molar refractivity (Wildman–Crippen MR) is 62.2 cm³/mol. The Kier molecular flexibility index (Phi) is 4.51. The second-order valence-electron chi connectivity index (χ2n) is 3.17. The summed E-state index contributed by atoms with van der Waals surface area (Å²) >= 11 is 0. The van der Waals surface area contributed by atoms with Crippen LogP contribution in [0.3, 0.4) is 0 Å². The van der Waals surface area contributed by atoms with E-state index in [0.717, 1.165) is 0 Å². The summed E-state index contributed by atoms with van der Waals surface area (Å²) in [5, 5.41) is 15.9. The van der Waals surface area contributed by atoms with Crippen molar-refractivity contribution in [2.45, 2.75) is 0 Å². The fraction of sp³-hybridized carbons (Fsp3) is 0.182. The number of nitrogens with one attached hydrogen (secondary N) is 3. The maximum absolute atomic E-state index is 11.2. The molecule has 0 bridgehead atoms. The Bertz CT molecular complexity index is 465. The third-order valence-corrected chi connectivity index (χ3v) is 1.92. The van der Waals surface area contributed by atoms with Crippen LogP contribution in [-0.2, 0) is 4.79 Å². The molecule has 17 heavy (non-hydrogen) atoms. The fourth-order valence-electron chi connectivity index (χ4n) is 1.11. The average molecular weight is 232 g/mol. The molecule has 0 radical (unpaired) electrons. The number of nitrogens with zero attached hydrogens (tertiary/aromatic N) is 1. The van der Waals surface area contributed by atoms with Crippen LogP contribution >= 0.6 is 0 Å². The summed E-state index contributed by atoms with van der Waals surface area (Å²) in [4.78, 5) is 22.1. The van der Waals surface area contributed by atoms with Crippen LogP contribution in [0.2, 0.25) is 0 Å². The quantitative estimate of drug-likeness (QED) is 0.704. The van der Waals surface area contributed by atoms with Crippen LogP contribution in [0.25, 0.3) is 0 Å². The maximum Gasteiger partial charge on any atom is 0.321 e. The summed E-state index contributed by atoms with van der Waals surface area (Å²) in [5.74, 6) is -0.452. The van der Waals surface area contributed by atoms with Gasteiger partial charge in [0, 0.05) is 12.7 Å². The van der Waals surface area contributed by atoms with Gasteiger partial charge in [-0.2, -0.15) is 5.26 Å². The molecule has 1 aromatic rings. The summed E-state index contributed by atoms with van der Waals surface area (Å²) in [6.45, 7) is -0.0394. The normalized spacial score (nSPS) is 8.94. The summed E-state index contributed by atoms with van der Waals surface area (Å²) in [7, 11) is 1.42. The highest BCUT2D eigenvalue weighted by Gasteiger charge is 2.05. The van der Waals surface area contributed by atoms with Crippen molar-refractivity contribution in [2.24, 2.45) is 0 Å². The number of carbonyl (C=O) groups excluding carboxylic acids is 2. The molecule has 0 saturated carbocycles. The van der Waals surface area contributed by atoms with E-state index in [1.165, 1.54) is 7.05 Å². The lowest BCUT2D eigenvalue weighted by Crippen LogP contribution is -2.40. The molecule has 3 N–H and O–H groups in total. The molecule has 1 aromatic carbocycles. The topological polar surface area (TPSA) is 94.0 Å². The lowest BCUT2D eigenvalue weighted by atomic mass is 10.2. The minimum Gasteiger partial charge on any atom is -0.376 e. The first-order chi connectivity index (χ1) is 8.15. The summed E-state index contributed by atoms with van der Waals surface area (Å²) < 4.78 is 0. The Balaban J connectivity index is 2.47. The smallest absolute Gasteiger partial charge is 0.321 e. The Morgan fingerprint density at radius 3 is 2.82 bits per heavy atom. The molecule has 0 aliphatic heterocycles. The number of carbonyl (C=O) groups is 2. The van der Waals surface area contributed by atoms with E-state index in [0.29, 0.717) is 11.3 Å². The van der Waals surface area contributed by atoms with Crippen LogP contribution in [0.15, 0.2) is 24.3 Å². The number of amides is 3. The fourth-order valence-corrected chi connectivity index (χ4v) is 1.11. The van der Waals surface area contributed by atoms with Gasteiger partial charge in [-0.15, -0.1) is 0 Å². The van der Waals surface area contributed by atoms with E-state index in [4.69, 9.17) is 5.26 Å². The number of rotatable bonds is 3. The summed E-state index contributed by atoms with van der Waals surface area (Å²) in [6.07, 6.45) is 0. The molecule has 6 heteroatoms. The highest BCUT2D eigenvalue weighted by atomic mass is 16.2. The van der Waals surface area contributed by atoms with Gasteiger partial charge >= 0.3 is 6.03 Å². The summed E-state index contributed by atoms with van der Waals surface area (Å²) in [5.41, 5.74) is 1.15. The van der Waals surface area contributed by atoms with E-state index >= 15 is 0 Å². The van der Waals surface area contributed by atoms with Gasteiger partial charge in [-0.25, -0.2) is 4.79 Å². The number of hydrogen-bond acceptors (Lipinski definition) is 4. The monoisotopic (exact) mass is 232 g/mol. The number of urea groups is 1. The largest absolute Gasteiger partial charge is 0.376 e. The molecule has 0 aliphatic rings. The van der Waals surface area contributed by atoms with E-state index in [9.17, 15) is 9.59 Å². The third kappa shape index (κ3) is 4.22. The van der Waals surface area contributed by atoms with Crippen LogP contribution in [-0.4, -0.2) is 25.5 Å². The van der Waals surface area contributed by atoms with E-state index in [1.807, 2.05) is 6.07 Å². The number of benzene rings is 1. The second-order valence-corrected chi connectivity index (χ2v) is 3.17. The average Bonchev–Trinajstić information content (AvgIpc) is 2.36. The zero-order chi connectivity index (χ0) is 12.7. The number of nitriles is 1. The Labute approximate surface area is 98.6 Å². The molecule has 88 valence electrons. The van der Waals surface area contributed by atoms with Crippen LogP contribution in [0.4, 0.5) is 10.5 Å². The van der Waals surface area contributed by atoms with Crippen molar-refractivity contribution in [1.29, 1.82) is 5.26 Å². The Hall–Kier alpha value is -2.55. The van der Waals surface area contributed by atoms with E-state index in [2.05, 4.69) is 16.0 Å². The van der Waals surface area contributed by atoms with Gasteiger partial charge in [0.25, 0.3) is 0 Å². The van der Waals surface area contributed by atoms with Gasteiger partial charge in [-0.1, -0.05) is 6.07 Å². The van der Waals surface area contributed by atoms with Gasteiger partial charge in [0.05, 0.1) is 18.2 Å². The van der Waals surface area contributed by atoms with Gasteiger partial charge in [-0.3, -0.25) is 10.1 Å². The highest BCUT2D eigenvalue weighted by Crippen LogP contribution is 2.08. The van der Waals surface area contributed by atoms with Crippen molar-refractivity contribution in [2.75, 3.05) is 18.9 Å². The molecule has 0 spiro atoms. The molecule has 0 atom stereocenters. The lowest BCUT2D eigenvalue weighted by Gasteiger charge is -2.06. The van der Waals surface area contributed by atoms with Crippen molar-refractivity contribution in [3.63, 3.8) is 0 Å². The predicted octanol–water partition coefficient (Wildman–Crippen LogP) is 0.426. The Morgan fingerprint density at radius 2 is 2.18 bits per heavy atom. The van der Waals surface area contributed by atoms with E-state index in [-0.39, 0.29) is 6.54 Å². The zero-order valence-corrected chi connectivity index (χ0v) is 9.28. The molecule has 0 unspecified atom stereocenters. The second kappa shape index (κ2) is 6.12. The highest BCUT2D eigenvalue weighted by molar-refractivity contribution is 5.96. The first kappa shape index (κ1) is 12.5. The minimum atomic E-state index is -0.553. The van der Waals surface area contributed by atoms with Crippen molar-refractivity contribution in [3.05, 3.63) is 29.8 Å². The molecule has 0 saturated heterocycles. The molecule has 3 amide bonds. The molecule has 0 aromatic heterocycles. The van der Waals surface area contributed by atoms with Gasteiger partial charge < -0.3 is 10.6 Å². The molecule has 6 nitrogen and oxygen atoms in total. The molecule has 1 rings (SSSR count). The number of anilines is 1. The van der Waals surface area contributed by atoms with Gasteiger partial charge in [0.1, 0.15) is 0 Å². The van der Waals surface area contributed by atoms with Gasteiger partial charge in [-0.05, 0) is 18.2 Å². The van der Waals surface area contributed by atoms with E-state index in [1.54, 1.807) is 24.3 Å².